The van der Waals surface area contributed by atoms with Gasteiger partial charge in [-0.15, -0.1) is 0 Å². The zero-order valence-electron chi connectivity index (χ0n) is 13.2. The smallest absolute Gasteiger partial charge is 0.119 e. The molecule has 1 N–H and O–H groups in total. The Hall–Kier alpha value is -1.02. The Morgan fingerprint density at radius 2 is 1.95 bits per heavy atom. The van der Waals surface area contributed by atoms with Crippen molar-refractivity contribution in [3.05, 3.63) is 29.8 Å². The molecular formula is C18H29NO. The quantitative estimate of drug-likeness (QED) is 0.778. The van der Waals surface area contributed by atoms with Gasteiger partial charge in [-0.25, -0.2) is 0 Å². The molecule has 0 aromatic heterocycles. The summed E-state index contributed by atoms with van der Waals surface area (Å²) in [6.07, 6.45) is 6.70. The van der Waals surface area contributed by atoms with Crippen LogP contribution in [0, 0.1) is 5.41 Å². The van der Waals surface area contributed by atoms with Gasteiger partial charge in [-0.1, -0.05) is 38.8 Å². The van der Waals surface area contributed by atoms with Gasteiger partial charge in [0, 0.05) is 6.04 Å². The summed E-state index contributed by atoms with van der Waals surface area (Å²) in [5, 5.41) is 3.75. The van der Waals surface area contributed by atoms with Gasteiger partial charge in [-0.2, -0.15) is 0 Å². The summed E-state index contributed by atoms with van der Waals surface area (Å²) in [7, 11) is 0. The minimum Gasteiger partial charge on any atom is -0.494 e. The van der Waals surface area contributed by atoms with E-state index >= 15 is 0 Å². The highest BCUT2D eigenvalue weighted by Crippen LogP contribution is 2.50. The molecule has 1 aliphatic carbocycles. The fourth-order valence-electron chi connectivity index (χ4n) is 3.77. The Balaban J connectivity index is 2.29. The monoisotopic (exact) mass is 275 g/mol. The molecule has 0 spiro atoms. The van der Waals surface area contributed by atoms with Crippen molar-refractivity contribution < 1.29 is 4.74 Å². The molecule has 0 aliphatic heterocycles. The van der Waals surface area contributed by atoms with E-state index in [1.165, 1.54) is 37.7 Å². The third-order valence-electron chi connectivity index (χ3n) is 4.83. The number of benzene rings is 1. The normalized spacial score (nSPS) is 18.9. The molecule has 1 aliphatic rings. The molecule has 1 aromatic carbocycles. The summed E-state index contributed by atoms with van der Waals surface area (Å²) in [6, 6.07) is 9.13. The lowest BCUT2D eigenvalue weighted by Gasteiger charge is -2.38. The molecule has 1 unspecified atom stereocenters. The second-order valence-electron chi connectivity index (χ2n) is 5.92. The van der Waals surface area contributed by atoms with Crippen molar-refractivity contribution >= 4 is 0 Å². The molecule has 0 heterocycles. The summed E-state index contributed by atoms with van der Waals surface area (Å²) >= 11 is 0. The average Bonchev–Trinajstić information content (AvgIpc) is 2.95. The molecule has 112 valence electrons. The van der Waals surface area contributed by atoms with Crippen LogP contribution in [0.25, 0.3) is 0 Å². The maximum Gasteiger partial charge on any atom is 0.119 e. The van der Waals surface area contributed by atoms with Gasteiger partial charge in [-0.3, -0.25) is 0 Å². The van der Waals surface area contributed by atoms with E-state index in [0.717, 1.165) is 18.9 Å². The van der Waals surface area contributed by atoms with Gasteiger partial charge >= 0.3 is 0 Å². The molecular weight excluding hydrogens is 246 g/mol. The second kappa shape index (κ2) is 7.12. The summed E-state index contributed by atoms with van der Waals surface area (Å²) in [5.74, 6) is 0.997. The van der Waals surface area contributed by atoms with E-state index in [0.29, 0.717) is 11.5 Å². The maximum atomic E-state index is 5.68. The molecule has 2 nitrogen and oxygen atoms in total. The molecule has 2 heteroatoms. The van der Waals surface area contributed by atoms with Crippen LogP contribution in [-0.4, -0.2) is 13.2 Å². The van der Waals surface area contributed by atoms with E-state index in [9.17, 15) is 0 Å². The first-order valence-electron chi connectivity index (χ1n) is 8.22. The van der Waals surface area contributed by atoms with Gasteiger partial charge in [-0.05, 0) is 55.8 Å². The fraction of sp³-hybridized carbons (Fsp3) is 0.667. The first-order valence-corrected chi connectivity index (χ1v) is 8.22. The van der Waals surface area contributed by atoms with Gasteiger partial charge in [0.15, 0.2) is 0 Å². The van der Waals surface area contributed by atoms with Crippen molar-refractivity contribution in [1.29, 1.82) is 0 Å². The lowest BCUT2D eigenvalue weighted by Crippen LogP contribution is -2.36. The largest absolute Gasteiger partial charge is 0.494 e. The molecule has 1 aromatic rings. The maximum absolute atomic E-state index is 5.68. The van der Waals surface area contributed by atoms with Gasteiger partial charge < -0.3 is 10.1 Å². The van der Waals surface area contributed by atoms with E-state index in [1.807, 2.05) is 6.92 Å². The molecule has 1 atom stereocenters. The van der Waals surface area contributed by atoms with Gasteiger partial charge in [0.2, 0.25) is 0 Å². The van der Waals surface area contributed by atoms with Crippen LogP contribution in [0.5, 0.6) is 5.75 Å². The molecule has 1 saturated carbocycles. The lowest BCUT2D eigenvalue weighted by molar-refractivity contribution is 0.188. The predicted octanol–water partition coefficient (Wildman–Crippen LogP) is 4.71. The van der Waals surface area contributed by atoms with Crippen molar-refractivity contribution in [3.8, 4) is 5.75 Å². The van der Waals surface area contributed by atoms with Crippen LogP contribution in [-0.2, 0) is 0 Å². The highest BCUT2D eigenvalue weighted by molar-refractivity contribution is 5.32. The Morgan fingerprint density at radius 1 is 1.20 bits per heavy atom. The minimum atomic E-state index is 0.431. The van der Waals surface area contributed by atoms with E-state index in [2.05, 4.69) is 43.4 Å². The van der Waals surface area contributed by atoms with Crippen LogP contribution in [0.3, 0.4) is 0 Å². The summed E-state index contributed by atoms with van der Waals surface area (Å²) < 4.78 is 5.68. The van der Waals surface area contributed by atoms with Gasteiger partial charge in [0.25, 0.3) is 0 Å². The molecule has 20 heavy (non-hydrogen) atoms. The van der Waals surface area contributed by atoms with Crippen LogP contribution < -0.4 is 10.1 Å². The first-order chi connectivity index (χ1) is 9.75. The van der Waals surface area contributed by atoms with Crippen LogP contribution >= 0.6 is 0 Å². The second-order valence-corrected chi connectivity index (χ2v) is 5.92. The van der Waals surface area contributed by atoms with E-state index in [-0.39, 0.29) is 0 Å². The van der Waals surface area contributed by atoms with E-state index < -0.39 is 0 Å². The third kappa shape index (κ3) is 3.17. The SMILES string of the molecule is CCNC(c1cccc(OCC)c1)C1(CC)CCCC1. The number of nitrogens with one attached hydrogen (secondary N) is 1. The topological polar surface area (TPSA) is 21.3 Å². The predicted molar refractivity (Wildman–Crippen MR) is 85.2 cm³/mol. The Bertz CT molecular complexity index is 410. The third-order valence-corrected chi connectivity index (χ3v) is 4.83. The molecule has 0 radical (unpaired) electrons. The van der Waals surface area contributed by atoms with E-state index in [1.54, 1.807) is 0 Å². The van der Waals surface area contributed by atoms with Crippen molar-refractivity contribution in [2.24, 2.45) is 5.41 Å². The number of hydrogen-bond donors (Lipinski definition) is 1. The highest BCUT2D eigenvalue weighted by atomic mass is 16.5. The van der Waals surface area contributed by atoms with Crippen molar-refractivity contribution in [3.63, 3.8) is 0 Å². The molecule has 2 rings (SSSR count). The van der Waals surface area contributed by atoms with Crippen molar-refractivity contribution in [2.45, 2.75) is 58.9 Å². The average molecular weight is 275 g/mol. The van der Waals surface area contributed by atoms with Crippen LogP contribution in [0.15, 0.2) is 24.3 Å². The fourth-order valence-corrected chi connectivity index (χ4v) is 3.77. The molecule has 0 bridgehead atoms. The number of rotatable bonds is 7. The highest BCUT2D eigenvalue weighted by Gasteiger charge is 2.40. The molecule has 0 amide bonds. The van der Waals surface area contributed by atoms with Crippen molar-refractivity contribution in [2.75, 3.05) is 13.2 Å². The van der Waals surface area contributed by atoms with Crippen LogP contribution in [0.1, 0.15) is 64.5 Å². The van der Waals surface area contributed by atoms with Crippen molar-refractivity contribution in [1.82, 2.24) is 5.32 Å². The molecule has 1 fully saturated rings. The Morgan fingerprint density at radius 3 is 2.55 bits per heavy atom. The minimum absolute atomic E-state index is 0.431. The summed E-state index contributed by atoms with van der Waals surface area (Å²) in [6.45, 7) is 8.35. The van der Waals surface area contributed by atoms with Gasteiger partial charge in [0.05, 0.1) is 6.61 Å². The Labute approximate surface area is 123 Å². The lowest BCUT2D eigenvalue weighted by atomic mass is 9.73. The van der Waals surface area contributed by atoms with Gasteiger partial charge in [0.1, 0.15) is 5.75 Å². The van der Waals surface area contributed by atoms with Crippen LogP contribution in [0.2, 0.25) is 0 Å². The zero-order valence-corrected chi connectivity index (χ0v) is 13.2. The van der Waals surface area contributed by atoms with E-state index in [4.69, 9.17) is 4.74 Å². The van der Waals surface area contributed by atoms with Crippen LogP contribution in [0.4, 0.5) is 0 Å². The number of hydrogen-bond acceptors (Lipinski definition) is 2. The zero-order chi connectivity index (χ0) is 14.4. The Kier molecular flexibility index (Phi) is 5.47. The summed E-state index contributed by atoms with van der Waals surface area (Å²) in [5.41, 5.74) is 1.82. The number of ether oxygens (including phenoxy) is 1. The standard InChI is InChI=1S/C18H29NO/c1-4-18(12-7-8-13-18)17(19-5-2)15-10-9-11-16(14-15)20-6-3/h9-11,14,17,19H,4-8,12-13H2,1-3H3. The molecule has 0 saturated heterocycles. The first kappa shape index (κ1) is 15.4. The summed E-state index contributed by atoms with van der Waals surface area (Å²) in [4.78, 5) is 0.